The van der Waals surface area contributed by atoms with Gasteiger partial charge < -0.3 is 15.8 Å². The highest BCUT2D eigenvalue weighted by atomic mass is 16.5. The molecule has 0 radical (unpaired) electrons. The van der Waals surface area contributed by atoms with Gasteiger partial charge in [-0.2, -0.15) is 0 Å². The zero-order valence-electron chi connectivity index (χ0n) is 13.5. The summed E-state index contributed by atoms with van der Waals surface area (Å²) >= 11 is 0. The van der Waals surface area contributed by atoms with Crippen LogP contribution in [-0.2, 0) is 11.8 Å². The normalized spacial score (nSPS) is 30.7. The molecule has 1 aromatic carbocycles. The number of fused-ring (bicyclic) bond motifs is 4. The van der Waals surface area contributed by atoms with Gasteiger partial charge in [-0.25, -0.2) is 4.79 Å². The van der Waals surface area contributed by atoms with Gasteiger partial charge in [-0.05, 0) is 48.4 Å². The van der Waals surface area contributed by atoms with Crippen LogP contribution in [0.5, 0.6) is 5.75 Å². The quantitative estimate of drug-likeness (QED) is 0.837. The second-order valence-electron chi connectivity index (χ2n) is 6.97. The minimum atomic E-state index is -0.430. The van der Waals surface area contributed by atoms with Gasteiger partial charge >= 0.3 is 6.09 Å². The summed E-state index contributed by atoms with van der Waals surface area (Å²) in [5, 5.41) is 2.49. The molecule has 3 rings (SSSR count). The number of benzene rings is 1. The Bertz CT molecular complexity index is 572. The monoisotopic (exact) mass is 302 g/mol. The summed E-state index contributed by atoms with van der Waals surface area (Å²) in [6.45, 7) is 2.29. The van der Waals surface area contributed by atoms with Crippen molar-refractivity contribution < 1.29 is 9.53 Å². The third-order valence-electron chi connectivity index (χ3n) is 5.61. The Morgan fingerprint density at radius 1 is 1.36 bits per heavy atom. The zero-order chi connectivity index (χ0) is 15.7. The molecule has 1 unspecified atom stereocenters. The average Bonchev–Trinajstić information content (AvgIpc) is 2.52. The fourth-order valence-corrected chi connectivity index (χ4v) is 4.25. The van der Waals surface area contributed by atoms with Crippen molar-refractivity contribution in [1.82, 2.24) is 5.32 Å². The van der Waals surface area contributed by atoms with Crippen LogP contribution < -0.4 is 15.8 Å². The molecule has 1 saturated carbocycles. The van der Waals surface area contributed by atoms with Gasteiger partial charge in [-0.15, -0.1) is 0 Å². The number of hydrogen-bond acceptors (Lipinski definition) is 3. The Labute approximate surface area is 132 Å². The maximum absolute atomic E-state index is 11.5. The molecule has 3 atom stereocenters. The van der Waals surface area contributed by atoms with Crippen molar-refractivity contribution in [3.05, 3.63) is 29.3 Å². The minimum Gasteiger partial charge on any atom is -0.410 e. The lowest BCUT2D eigenvalue weighted by atomic mass is 9.60. The summed E-state index contributed by atoms with van der Waals surface area (Å²) in [5.74, 6) is 1.18. The van der Waals surface area contributed by atoms with E-state index < -0.39 is 6.09 Å². The predicted octanol–water partition coefficient (Wildman–Crippen LogP) is 3.13. The molecule has 22 heavy (non-hydrogen) atoms. The molecule has 120 valence electrons. The van der Waals surface area contributed by atoms with Crippen LogP contribution in [0.3, 0.4) is 0 Å². The lowest BCUT2D eigenvalue weighted by Gasteiger charge is -2.47. The highest BCUT2D eigenvalue weighted by molar-refractivity contribution is 5.70. The average molecular weight is 302 g/mol. The largest absolute Gasteiger partial charge is 0.412 e. The molecule has 1 aromatic rings. The third-order valence-corrected chi connectivity index (χ3v) is 5.61. The molecule has 2 bridgehead atoms. The number of hydrogen-bond donors (Lipinski definition) is 2. The number of nitrogens with one attached hydrogen (secondary N) is 1. The number of amides is 1. The number of rotatable bonds is 1. The second-order valence-corrected chi connectivity index (χ2v) is 6.97. The zero-order valence-corrected chi connectivity index (χ0v) is 13.5. The first kappa shape index (κ1) is 15.3. The summed E-state index contributed by atoms with van der Waals surface area (Å²) in [6.07, 6.45) is 6.77. The summed E-state index contributed by atoms with van der Waals surface area (Å²) in [5.41, 5.74) is 9.30. The number of ether oxygens (including phenoxy) is 1. The van der Waals surface area contributed by atoms with E-state index in [2.05, 4.69) is 18.3 Å². The molecule has 0 heterocycles. The van der Waals surface area contributed by atoms with Gasteiger partial charge in [0.1, 0.15) is 5.75 Å². The highest BCUT2D eigenvalue weighted by Gasteiger charge is 2.43. The molecule has 1 amide bonds. The van der Waals surface area contributed by atoms with Crippen LogP contribution in [0.1, 0.15) is 50.2 Å². The van der Waals surface area contributed by atoms with Crippen molar-refractivity contribution in [2.75, 3.05) is 7.05 Å². The van der Waals surface area contributed by atoms with E-state index in [1.54, 1.807) is 7.05 Å². The molecule has 0 saturated heterocycles. The van der Waals surface area contributed by atoms with E-state index in [0.29, 0.717) is 11.7 Å². The van der Waals surface area contributed by atoms with Crippen LogP contribution in [-0.4, -0.2) is 19.2 Å². The molecule has 4 nitrogen and oxygen atoms in total. The second kappa shape index (κ2) is 5.92. The van der Waals surface area contributed by atoms with E-state index in [1.165, 1.54) is 36.8 Å². The van der Waals surface area contributed by atoms with Gasteiger partial charge in [0.15, 0.2) is 0 Å². The first-order valence-corrected chi connectivity index (χ1v) is 8.33. The molecular formula is C18H26N2O2. The summed E-state index contributed by atoms with van der Waals surface area (Å²) < 4.78 is 5.31. The standard InChI is InChI=1S/C18H26N2O2/c1-18-9-5-3-4-6-13(16(18)19)10-12-7-8-14(11-15(12)18)22-17(21)20-2/h7-8,11,13,16H,3-6,9-10,19H2,1-2H3,(H,20,21)/t13-,16-,18?/m0/s1. The van der Waals surface area contributed by atoms with E-state index in [-0.39, 0.29) is 11.5 Å². The van der Waals surface area contributed by atoms with Crippen molar-refractivity contribution in [2.45, 2.75) is 56.9 Å². The van der Waals surface area contributed by atoms with E-state index in [1.807, 2.05) is 12.1 Å². The molecule has 2 aliphatic rings. The smallest absolute Gasteiger partial charge is 0.410 e. The Kier molecular flexibility index (Phi) is 4.13. The van der Waals surface area contributed by atoms with Crippen molar-refractivity contribution in [3.8, 4) is 5.75 Å². The SMILES string of the molecule is CNC(=O)Oc1ccc2c(c1)C1(C)CCCCC[C@@H](C2)[C@@H]1N. The van der Waals surface area contributed by atoms with Gasteiger partial charge in [-0.1, -0.05) is 32.3 Å². The van der Waals surface area contributed by atoms with Gasteiger partial charge in [0.2, 0.25) is 0 Å². The molecule has 4 heteroatoms. The molecule has 0 spiro atoms. The number of carbonyl (C=O) groups is 1. The Hall–Kier alpha value is -1.55. The van der Waals surface area contributed by atoms with Gasteiger partial charge in [-0.3, -0.25) is 0 Å². The Balaban J connectivity index is 1.99. The topological polar surface area (TPSA) is 64.3 Å². The lowest BCUT2D eigenvalue weighted by molar-refractivity contribution is 0.197. The van der Waals surface area contributed by atoms with Crippen LogP contribution in [0.15, 0.2) is 18.2 Å². The van der Waals surface area contributed by atoms with Crippen molar-refractivity contribution in [2.24, 2.45) is 11.7 Å². The molecule has 0 aromatic heterocycles. The Morgan fingerprint density at radius 3 is 2.95 bits per heavy atom. The van der Waals surface area contributed by atoms with E-state index in [9.17, 15) is 4.79 Å². The van der Waals surface area contributed by atoms with E-state index in [4.69, 9.17) is 10.5 Å². The maximum atomic E-state index is 11.5. The summed E-state index contributed by atoms with van der Waals surface area (Å²) in [4.78, 5) is 11.5. The first-order chi connectivity index (χ1) is 10.5. The lowest BCUT2D eigenvalue weighted by Crippen LogP contribution is -2.52. The van der Waals surface area contributed by atoms with Crippen molar-refractivity contribution >= 4 is 6.09 Å². The highest BCUT2D eigenvalue weighted by Crippen LogP contribution is 2.46. The van der Waals surface area contributed by atoms with Gasteiger partial charge in [0.25, 0.3) is 0 Å². The van der Waals surface area contributed by atoms with Crippen molar-refractivity contribution in [1.29, 1.82) is 0 Å². The molecule has 1 fully saturated rings. The number of nitrogens with two attached hydrogens (primary N) is 1. The van der Waals surface area contributed by atoms with Gasteiger partial charge in [0, 0.05) is 18.5 Å². The van der Waals surface area contributed by atoms with Crippen LogP contribution in [0.25, 0.3) is 0 Å². The number of carbonyl (C=O) groups excluding carboxylic acids is 1. The minimum absolute atomic E-state index is 0.0132. The van der Waals surface area contributed by atoms with Crippen molar-refractivity contribution in [3.63, 3.8) is 0 Å². The van der Waals surface area contributed by atoms with E-state index in [0.717, 1.165) is 12.8 Å². The van der Waals surface area contributed by atoms with Crippen LogP contribution in [0.4, 0.5) is 4.79 Å². The maximum Gasteiger partial charge on any atom is 0.412 e. The summed E-state index contributed by atoms with van der Waals surface area (Å²) in [7, 11) is 1.57. The molecule has 0 aliphatic heterocycles. The molecular weight excluding hydrogens is 276 g/mol. The fraction of sp³-hybridized carbons (Fsp3) is 0.611. The molecule has 2 aliphatic carbocycles. The Morgan fingerprint density at radius 2 is 2.18 bits per heavy atom. The summed E-state index contributed by atoms with van der Waals surface area (Å²) in [6, 6.07) is 6.23. The van der Waals surface area contributed by atoms with Crippen LogP contribution in [0.2, 0.25) is 0 Å². The van der Waals surface area contributed by atoms with E-state index >= 15 is 0 Å². The van der Waals surface area contributed by atoms with Gasteiger partial charge in [0.05, 0.1) is 0 Å². The van der Waals surface area contributed by atoms with Crippen LogP contribution in [0, 0.1) is 5.92 Å². The molecule has 3 N–H and O–H groups in total. The van der Waals surface area contributed by atoms with Crippen LogP contribution >= 0.6 is 0 Å². The first-order valence-electron chi connectivity index (χ1n) is 8.33. The third kappa shape index (κ3) is 2.60. The predicted molar refractivity (Wildman–Crippen MR) is 87.1 cm³/mol. The fourth-order valence-electron chi connectivity index (χ4n) is 4.25.